The zero-order valence-electron chi connectivity index (χ0n) is 10.8. The fourth-order valence-corrected chi connectivity index (χ4v) is 2.81. The van der Waals surface area contributed by atoms with E-state index in [0.29, 0.717) is 0 Å². The Balaban J connectivity index is 2.39. The second kappa shape index (κ2) is 5.41. The van der Waals surface area contributed by atoms with Gasteiger partial charge in [-0.2, -0.15) is 0 Å². The summed E-state index contributed by atoms with van der Waals surface area (Å²) in [6.45, 7) is 0. The van der Waals surface area contributed by atoms with E-state index in [0.717, 1.165) is 27.1 Å². The van der Waals surface area contributed by atoms with Crippen LogP contribution in [0.1, 0.15) is 11.7 Å². The molecule has 0 saturated heterocycles. The van der Waals surface area contributed by atoms with E-state index in [4.69, 9.17) is 11.6 Å². The van der Waals surface area contributed by atoms with E-state index < -0.39 is 12.2 Å². The predicted molar refractivity (Wildman–Crippen MR) is 83.1 cm³/mol. The lowest BCUT2D eigenvalue weighted by Crippen LogP contribution is -2.20. The van der Waals surface area contributed by atoms with Gasteiger partial charge in [0.15, 0.2) is 0 Å². The topological polar surface area (TPSA) is 40.5 Å². The number of hydrogen-bond donors (Lipinski definition) is 2. The van der Waals surface area contributed by atoms with E-state index in [-0.39, 0.29) is 5.88 Å². The minimum Gasteiger partial charge on any atom is -0.389 e. The van der Waals surface area contributed by atoms with Crippen molar-refractivity contribution < 1.29 is 10.2 Å². The fourth-order valence-electron chi connectivity index (χ4n) is 2.64. The number of alkyl halides is 1. The molecule has 2 atom stereocenters. The maximum absolute atomic E-state index is 10.5. The van der Waals surface area contributed by atoms with Crippen molar-refractivity contribution in [1.29, 1.82) is 0 Å². The average Bonchev–Trinajstić information content (AvgIpc) is 2.51. The first-order valence-electron chi connectivity index (χ1n) is 6.55. The van der Waals surface area contributed by atoms with Crippen LogP contribution in [0, 0.1) is 0 Å². The van der Waals surface area contributed by atoms with Crippen LogP contribution < -0.4 is 0 Å². The van der Waals surface area contributed by atoms with E-state index in [1.807, 2.05) is 48.5 Å². The van der Waals surface area contributed by atoms with Crippen LogP contribution in [0.5, 0.6) is 0 Å². The second-order valence-corrected chi connectivity index (χ2v) is 5.21. The second-order valence-electron chi connectivity index (χ2n) is 4.90. The number of rotatable bonds is 3. The van der Waals surface area contributed by atoms with Crippen molar-refractivity contribution >= 4 is 33.1 Å². The Morgan fingerprint density at radius 2 is 1.35 bits per heavy atom. The summed E-state index contributed by atoms with van der Waals surface area (Å²) >= 11 is 5.69. The Kier molecular flexibility index (Phi) is 3.62. The Hall–Kier alpha value is -1.61. The molecule has 0 spiro atoms. The number of halogens is 1. The summed E-state index contributed by atoms with van der Waals surface area (Å²) in [4.78, 5) is 0. The van der Waals surface area contributed by atoms with Gasteiger partial charge in [-0.15, -0.1) is 11.6 Å². The van der Waals surface area contributed by atoms with Gasteiger partial charge in [0.25, 0.3) is 0 Å². The average molecular weight is 287 g/mol. The Morgan fingerprint density at radius 3 is 1.85 bits per heavy atom. The summed E-state index contributed by atoms with van der Waals surface area (Å²) in [6, 6.07) is 17.8. The number of aliphatic hydroxyl groups is 2. The Morgan fingerprint density at radius 1 is 0.850 bits per heavy atom. The van der Waals surface area contributed by atoms with Gasteiger partial charge in [0.2, 0.25) is 0 Å². The van der Waals surface area contributed by atoms with Gasteiger partial charge >= 0.3 is 0 Å². The summed E-state index contributed by atoms with van der Waals surface area (Å²) in [7, 11) is 0. The molecule has 0 fully saturated rings. The van der Waals surface area contributed by atoms with E-state index in [1.54, 1.807) is 0 Å². The monoisotopic (exact) mass is 286 g/mol. The van der Waals surface area contributed by atoms with E-state index in [1.165, 1.54) is 0 Å². The normalized spacial score (nSPS) is 14.6. The summed E-state index contributed by atoms with van der Waals surface area (Å²) in [6.07, 6.45) is -1.98. The highest BCUT2D eigenvalue weighted by Gasteiger charge is 2.22. The van der Waals surface area contributed by atoms with Crippen molar-refractivity contribution in [2.24, 2.45) is 0 Å². The number of aliphatic hydroxyl groups excluding tert-OH is 2. The first kappa shape index (κ1) is 13.4. The van der Waals surface area contributed by atoms with Crippen LogP contribution in [0.2, 0.25) is 0 Å². The standard InChI is InChI=1S/C17H15ClO2/c18-10-15(19)17(20)16-13-7-3-1-5-11(13)9-12-6-2-4-8-14(12)16/h1-9,15,17,19-20H,10H2. The minimum absolute atomic E-state index is 0.00128. The van der Waals surface area contributed by atoms with Crippen LogP contribution in [0.3, 0.4) is 0 Å². The quantitative estimate of drug-likeness (QED) is 0.570. The number of fused-ring (bicyclic) bond motifs is 2. The van der Waals surface area contributed by atoms with Gasteiger partial charge in [0.1, 0.15) is 6.10 Å². The lowest BCUT2D eigenvalue weighted by molar-refractivity contribution is 0.0345. The van der Waals surface area contributed by atoms with E-state index in [2.05, 4.69) is 6.07 Å². The first-order valence-corrected chi connectivity index (χ1v) is 7.08. The highest BCUT2D eigenvalue weighted by atomic mass is 35.5. The molecule has 0 bridgehead atoms. The molecule has 3 aromatic rings. The molecule has 2 N–H and O–H groups in total. The molecule has 0 heterocycles. The van der Waals surface area contributed by atoms with Crippen LogP contribution in [0.4, 0.5) is 0 Å². The van der Waals surface area contributed by atoms with E-state index >= 15 is 0 Å². The molecule has 0 saturated carbocycles. The lowest BCUT2D eigenvalue weighted by atomic mass is 9.92. The lowest BCUT2D eigenvalue weighted by Gasteiger charge is -2.20. The summed E-state index contributed by atoms with van der Waals surface area (Å²) in [5, 5.41) is 24.3. The fraction of sp³-hybridized carbons (Fsp3) is 0.176. The van der Waals surface area contributed by atoms with Gasteiger partial charge in [0, 0.05) is 0 Å². The molecule has 102 valence electrons. The molecular weight excluding hydrogens is 272 g/mol. The minimum atomic E-state index is -0.997. The van der Waals surface area contributed by atoms with Gasteiger partial charge in [-0.3, -0.25) is 0 Å². The molecule has 3 aromatic carbocycles. The molecule has 0 aliphatic heterocycles. The SMILES string of the molecule is OC(CCl)C(O)c1c2ccccc2cc2ccccc12. The van der Waals surface area contributed by atoms with Crippen LogP contribution in [-0.2, 0) is 0 Å². The molecule has 0 aliphatic carbocycles. The van der Waals surface area contributed by atoms with Gasteiger partial charge in [-0.25, -0.2) is 0 Å². The molecular formula is C17H15ClO2. The number of hydrogen-bond acceptors (Lipinski definition) is 2. The maximum atomic E-state index is 10.5. The third-order valence-corrected chi connectivity index (χ3v) is 3.95. The summed E-state index contributed by atoms with van der Waals surface area (Å²) in [5.41, 5.74) is 0.742. The molecule has 0 radical (unpaired) electrons. The first-order chi connectivity index (χ1) is 9.72. The molecule has 2 nitrogen and oxygen atoms in total. The van der Waals surface area contributed by atoms with Gasteiger partial charge in [0.05, 0.1) is 12.0 Å². The predicted octanol–water partition coefficient (Wildman–Crippen LogP) is 3.63. The Bertz CT molecular complexity index is 700. The van der Waals surface area contributed by atoms with Crippen molar-refractivity contribution in [1.82, 2.24) is 0 Å². The van der Waals surface area contributed by atoms with Crippen molar-refractivity contribution in [2.75, 3.05) is 5.88 Å². The van der Waals surface area contributed by atoms with Crippen molar-refractivity contribution in [3.05, 3.63) is 60.2 Å². The smallest absolute Gasteiger partial charge is 0.107 e. The van der Waals surface area contributed by atoms with Crippen molar-refractivity contribution in [2.45, 2.75) is 12.2 Å². The molecule has 20 heavy (non-hydrogen) atoms. The van der Waals surface area contributed by atoms with E-state index in [9.17, 15) is 10.2 Å². The highest BCUT2D eigenvalue weighted by molar-refractivity contribution is 6.18. The molecule has 0 aliphatic rings. The van der Waals surface area contributed by atoms with Gasteiger partial charge in [-0.05, 0) is 33.2 Å². The van der Waals surface area contributed by atoms with Gasteiger partial charge < -0.3 is 10.2 Å². The number of benzene rings is 3. The third-order valence-electron chi connectivity index (χ3n) is 3.63. The molecule has 2 unspecified atom stereocenters. The molecule has 3 rings (SSSR count). The highest BCUT2D eigenvalue weighted by Crippen LogP contribution is 2.34. The third kappa shape index (κ3) is 2.16. The molecule has 0 amide bonds. The zero-order chi connectivity index (χ0) is 14.1. The van der Waals surface area contributed by atoms with Gasteiger partial charge in [-0.1, -0.05) is 48.5 Å². The van der Waals surface area contributed by atoms with Crippen LogP contribution in [0.25, 0.3) is 21.5 Å². The summed E-state index contributed by atoms with van der Waals surface area (Å²) in [5.74, 6) is -0.00128. The summed E-state index contributed by atoms with van der Waals surface area (Å²) < 4.78 is 0. The van der Waals surface area contributed by atoms with Crippen LogP contribution in [-0.4, -0.2) is 22.2 Å². The Labute approximate surface area is 122 Å². The maximum Gasteiger partial charge on any atom is 0.107 e. The molecule has 3 heteroatoms. The molecule has 0 aromatic heterocycles. The van der Waals surface area contributed by atoms with Crippen molar-refractivity contribution in [3.63, 3.8) is 0 Å². The zero-order valence-corrected chi connectivity index (χ0v) is 11.6. The van der Waals surface area contributed by atoms with Crippen LogP contribution in [0.15, 0.2) is 54.6 Å². The van der Waals surface area contributed by atoms with Crippen molar-refractivity contribution in [3.8, 4) is 0 Å². The van der Waals surface area contributed by atoms with Crippen LogP contribution >= 0.6 is 11.6 Å². The largest absolute Gasteiger partial charge is 0.389 e.